The van der Waals surface area contributed by atoms with E-state index in [1.165, 1.54) is 18.0 Å². The molecule has 2 aliphatic rings. The summed E-state index contributed by atoms with van der Waals surface area (Å²) >= 11 is 0. The van der Waals surface area contributed by atoms with Gasteiger partial charge in [0.2, 0.25) is 11.9 Å². The number of allylic oxidation sites excluding steroid dienone is 2. The van der Waals surface area contributed by atoms with Crippen LogP contribution >= 0.6 is 0 Å². The first-order chi connectivity index (χ1) is 16.3. The number of nitrogens with zero attached hydrogens (tertiary/aromatic N) is 6. The summed E-state index contributed by atoms with van der Waals surface area (Å²) in [6, 6.07) is 0.158. The number of hydrogen-bond donors (Lipinski definition) is 1. The number of anilines is 1. The maximum Gasteiger partial charge on any atom is 0.332 e. The van der Waals surface area contributed by atoms with Gasteiger partial charge in [0.05, 0.1) is 6.54 Å². The number of carbonyl (C=O) groups excluding carboxylic acids is 1. The van der Waals surface area contributed by atoms with Crippen LogP contribution in [0.1, 0.15) is 46.0 Å². The molecular weight excluding hydrogens is 434 g/mol. The van der Waals surface area contributed by atoms with Gasteiger partial charge in [0, 0.05) is 52.9 Å². The van der Waals surface area contributed by atoms with Gasteiger partial charge >= 0.3 is 5.69 Å². The number of rotatable bonds is 6. The Balaban J connectivity index is 1.59. The molecular formula is C24H37N7O3. The average Bonchev–Trinajstić information content (AvgIpc) is 3.24. The zero-order chi connectivity index (χ0) is 24.4. The van der Waals surface area contributed by atoms with Crippen molar-refractivity contribution in [1.29, 1.82) is 0 Å². The molecule has 2 saturated heterocycles. The monoisotopic (exact) mass is 471 g/mol. The lowest BCUT2D eigenvalue weighted by Gasteiger charge is -2.34. The first-order valence-electron chi connectivity index (χ1n) is 12.3. The highest BCUT2D eigenvalue weighted by molar-refractivity contribution is 5.78. The molecule has 0 bridgehead atoms. The normalized spacial score (nSPS) is 19.0. The third-order valence-electron chi connectivity index (χ3n) is 6.96. The van der Waals surface area contributed by atoms with Gasteiger partial charge in [-0.3, -0.25) is 18.7 Å². The Kier molecular flexibility index (Phi) is 7.25. The van der Waals surface area contributed by atoms with Crippen molar-refractivity contribution < 1.29 is 4.79 Å². The minimum Gasteiger partial charge on any atom is -0.342 e. The molecule has 34 heavy (non-hydrogen) atoms. The number of nitrogens with one attached hydrogen (secondary N) is 1. The molecule has 2 fully saturated rings. The number of piperidine rings is 2. The fourth-order valence-corrected chi connectivity index (χ4v) is 4.94. The van der Waals surface area contributed by atoms with Crippen LogP contribution in [0.15, 0.2) is 21.2 Å². The first-order valence-corrected chi connectivity index (χ1v) is 12.3. The van der Waals surface area contributed by atoms with Crippen LogP contribution in [-0.4, -0.2) is 68.3 Å². The van der Waals surface area contributed by atoms with E-state index >= 15 is 0 Å². The van der Waals surface area contributed by atoms with Crippen LogP contribution in [0.5, 0.6) is 0 Å². The van der Waals surface area contributed by atoms with Gasteiger partial charge in [0.1, 0.15) is 0 Å². The SMILES string of the molecule is CC(C)=CCn1c(N2CCCC(NCC(=O)N3CCCCC3)C2)nc2c1c(=O)n(C)c(=O)n2C. The Morgan fingerprint density at radius 2 is 1.79 bits per heavy atom. The van der Waals surface area contributed by atoms with E-state index in [0.717, 1.165) is 55.5 Å². The minimum atomic E-state index is -0.384. The van der Waals surface area contributed by atoms with Crippen molar-refractivity contribution in [1.82, 2.24) is 28.9 Å². The third kappa shape index (κ3) is 4.82. The van der Waals surface area contributed by atoms with Crippen LogP contribution in [0.25, 0.3) is 11.2 Å². The average molecular weight is 472 g/mol. The second-order valence-corrected chi connectivity index (χ2v) is 9.79. The molecule has 0 aromatic carbocycles. The van der Waals surface area contributed by atoms with Crippen LogP contribution in [0, 0.1) is 0 Å². The van der Waals surface area contributed by atoms with Gasteiger partial charge in [0.15, 0.2) is 11.2 Å². The predicted molar refractivity (Wildman–Crippen MR) is 133 cm³/mol. The molecule has 1 atom stereocenters. The summed E-state index contributed by atoms with van der Waals surface area (Å²) in [6.45, 7) is 8.12. The van der Waals surface area contributed by atoms with Gasteiger partial charge in [-0.1, -0.05) is 11.6 Å². The van der Waals surface area contributed by atoms with Gasteiger partial charge in [-0.2, -0.15) is 4.98 Å². The van der Waals surface area contributed by atoms with Crippen molar-refractivity contribution in [2.24, 2.45) is 14.1 Å². The molecule has 0 radical (unpaired) electrons. The van der Waals surface area contributed by atoms with Crippen LogP contribution < -0.4 is 21.5 Å². The van der Waals surface area contributed by atoms with E-state index in [9.17, 15) is 14.4 Å². The Morgan fingerprint density at radius 1 is 1.06 bits per heavy atom. The maximum atomic E-state index is 13.1. The fourth-order valence-electron chi connectivity index (χ4n) is 4.94. The van der Waals surface area contributed by atoms with Crippen LogP contribution in [0.3, 0.4) is 0 Å². The van der Waals surface area contributed by atoms with Crippen LogP contribution in [-0.2, 0) is 25.4 Å². The number of amides is 1. The maximum absolute atomic E-state index is 13.1. The fraction of sp³-hybridized carbons (Fsp3) is 0.667. The third-order valence-corrected chi connectivity index (χ3v) is 6.96. The second-order valence-electron chi connectivity index (χ2n) is 9.79. The van der Waals surface area contributed by atoms with Crippen molar-refractivity contribution in [2.75, 3.05) is 37.6 Å². The van der Waals surface area contributed by atoms with Gasteiger partial charge < -0.3 is 19.7 Å². The molecule has 186 valence electrons. The zero-order valence-corrected chi connectivity index (χ0v) is 20.8. The standard InChI is InChI=1S/C24H37N7O3/c1-17(2)10-14-31-20-21(27(3)24(34)28(4)22(20)33)26-23(31)30-13-8-9-18(16-30)25-15-19(32)29-11-6-5-7-12-29/h10,18,25H,5-9,11-16H2,1-4H3. The van der Waals surface area contributed by atoms with Crippen molar-refractivity contribution in [3.8, 4) is 0 Å². The topological polar surface area (TPSA) is 97.4 Å². The quantitative estimate of drug-likeness (QED) is 0.631. The Morgan fingerprint density at radius 3 is 2.50 bits per heavy atom. The molecule has 1 amide bonds. The number of aromatic nitrogens is 4. The van der Waals surface area contributed by atoms with Gasteiger partial charge in [0.25, 0.3) is 5.56 Å². The lowest BCUT2D eigenvalue weighted by molar-refractivity contribution is -0.131. The van der Waals surface area contributed by atoms with E-state index in [1.54, 1.807) is 7.05 Å². The summed E-state index contributed by atoms with van der Waals surface area (Å²) in [5, 5.41) is 3.46. The van der Waals surface area contributed by atoms with Crippen LogP contribution in [0.4, 0.5) is 5.95 Å². The van der Waals surface area contributed by atoms with Gasteiger partial charge in [-0.15, -0.1) is 0 Å². The first kappa shape index (κ1) is 24.3. The molecule has 1 N–H and O–H groups in total. The van der Waals surface area contributed by atoms with E-state index in [-0.39, 0.29) is 23.2 Å². The number of hydrogen-bond acceptors (Lipinski definition) is 6. The van der Waals surface area contributed by atoms with Crippen molar-refractivity contribution in [3.05, 3.63) is 32.5 Å². The Bertz CT molecular complexity index is 1200. The molecule has 4 heterocycles. The summed E-state index contributed by atoms with van der Waals surface area (Å²) in [5.41, 5.74) is 1.26. The lowest BCUT2D eigenvalue weighted by atomic mass is 10.1. The summed E-state index contributed by atoms with van der Waals surface area (Å²) < 4.78 is 4.50. The summed E-state index contributed by atoms with van der Waals surface area (Å²) in [7, 11) is 3.15. The summed E-state index contributed by atoms with van der Waals surface area (Å²) in [6.07, 6.45) is 7.39. The van der Waals surface area contributed by atoms with Gasteiger partial charge in [-0.05, 0) is 46.0 Å². The molecule has 0 spiro atoms. The number of aryl methyl sites for hydroxylation is 1. The van der Waals surface area contributed by atoms with Crippen molar-refractivity contribution in [3.63, 3.8) is 0 Å². The Hall–Kier alpha value is -2.88. The smallest absolute Gasteiger partial charge is 0.332 e. The van der Waals surface area contributed by atoms with Crippen molar-refractivity contribution >= 4 is 23.0 Å². The second kappa shape index (κ2) is 10.2. The van der Waals surface area contributed by atoms with E-state index < -0.39 is 0 Å². The molecule has 1 unspecified atom stereocenters. The molecule has 2 aromatic rings. The highest BCUT2D eigenvalue weighted by atomic mass is 16.2. The summed E-state index contributed by atoms with van der Waals surface area (Å²) in [5.74, 6) is 0.866. The number of carbonyl (C=O) groups is 1. The minimum absolute atomic E-state index is 0.158. The highest BCUT2D eigenvalue weighted by Gasteiger charge is 2.27. The number of fused-ring (bicyclic) bond motifs is 1. The highest BCUT2D eigenvalue weighted by Crippen LogP contribution is 2.23. The number of likely N-dealkylation sites (tertiary alicyclic amines) is 1. The summed E-state index contributed by atoms with van der Waals surface area (Å²) in [4.78, 5) is 47.1. The van der Waals surface area contributed by atoms with E-state index in [0.29, 0.717) is 36.7 Å². The molecule has 4 rings (SSSR count). The Labute approximate surface area is 199 Å². The number of imidazole rings is 1. The molecule has 0 saturated carbocycles. The zero-order valence-electron chi connectivity index (χ0n) is 20.8. The van der Waals surface area contributed by atoms with Crippen molar-refractivity contribution in [2.45, 2.75) is 58.5 Å². The molecule has 10 nitrogen and oxygen atoms in total. The van der Waals surface area contributed by atoms with Crippen LogP contribution in [0.2, 0.25) is 0 Å². The molecule has 0 aliphatic carbocycles. The molecule has 2 aromatic heterocycles. The van der Waals surface area contributed by atoms with E-state index in [2.05, 4.69) is 16.3 Å². The van der Waals surface area contributed by atoms with E-state index in [4.69, 9.17) is 4.98 Å². The predicted octanol–water partition coefficient (Wildman–Crippen LogP) is 0.971. The largest absolute Gasteiger partial charge is 0.342 e. The van der Waals surface area contributed by atoms with E-state index in [1.807, 2.05) is 23.3 Å². The molecule has 2 aliphatic heterocycles. The lowest BCUT2D eigenvalue weighted by Crippen LogP contribution is -2.50. The molecule has 10 heteroatoms. The van der Waals surface area contributed by atoms with Gasteiger partial charge in [-0.25, -0.2) is 4.79 Å².